The molecule has 168 valence electrons. The Bertz CT molecular complexity index is 1040. The summed E-state index contributed by atoms with van der Waals surface area (Å²) in [7, 11) is 1.61. The van der Waals surface area contributed by atoms with Gasteiger partial charge in [-0.05, 0) is 50.1 Å². The van der Waals surface area contributed by atoms with Gasteiger partial charge in [0.1, 0.15) is 29.4 Å². The predicted octanol–water partition coefficient (Wildman–Crippen LogP) is 3.39. The van der Waals surface area contributed by atoms with E-state index in [1.165, 1.54) is 0 Å². The Labute approximate surface area is 186 Å². The molecule has 0 fully saturated rings. The van der Waals surface area contributed by atoms with Crippen LogP contribution in [-0.4, -0.2) is 37.3 Å². The summed E-state index contributed by atoms with van der Waals surface area (Å²) in [5.41, 5.74) is 2.86. The minimum atomic E-state index is -0.635. The highest BCUT2D eigenvalue weighted by Gasteiger charge is 2.17. The summed E-state index contributed by atoms with van der Waals surface area (Å²) in [5.74, 6) is 0.789. The van der Waals surface area contributed by atoms with E-state index in [1.807, 2.05) is 31.2 Å². The largest absolute Gasteiger partial charge is 0.497 e. The second kappa shape index (κ2) is 11.0. The molecular formula is C24H26N2O6. The van der Waals surface area contributed by atoms with Crippen LogP contribution in [0.25, 0.3) is 0 Å². The SMILES string of the molecule is COc1ccc(CCNC(=O)COC(=O)c2ccccc2OCc2c(C)noc2C)cc1. The Hall–Kier alpha value is -3.81. The van der Waals surface area contributed by atoms with Gasteiger partial charge in [0, 0.05) is 6.54 Å². The van der Waals surface area contributed by atoms with Gasteiger partial charge >= 0.3 is 5.97 Å². The summed E-state index contributed by atoms with van der Waals surface area (Å²) < 4.78 is 21.2. The standard InChI is InChI=1S/C24H26N2O6/c1-16-21(17(2)32-26-16)14-30-22-7-5-4-6-20(22)24(28)31-15-23(27)25-13-12-18-8-10-19(29-3)11-9-18/h4-11H,12-15H2,1-3H3,(H,25,27). The molecule has 8 heteroatoms. The summed E-state index contributed by atoms with van der Waals surface area (Å²) in [5, 5.41) is 6.63. The van der Waals surface area contributed by atoms with E-state index in [0.29, 0.717) is 24.5 Å². The summed E-state index contributed by atoms with van der Waals surface area (Å²) >= 11 is 0. The van der Waals surface area contributed by atoms with Crippen LogP contribution in [0, 0.1) is 13.8 Å². The number of carbonyl (C=O) groups excluding carboxylic acids is 2. The molecule has 0 spiro atoms. The topological polar surface area (TPSA) is 99.9 Å². The van der Waals surface area contributed by atoms with Gasteiger partial charge in [-0.25, -0.2) is 4.79 Å². The van der Waals surface area contributed by atoms with Crippen molar-refractivity contribution in [2.24, 2.45) is 0 Å². The molecule has 0 saturated heterocycles. The lowest BCUT2D eigenvalue weighted by Crippen LogP contribution is -2.30. The molecule has 0 aliphatic carbocycles. The van der Waals surface area contributed by atoms with Crippen LogP contribution in [0.3, 0.4) is 0 Å². The second-order valence-corrected chi connectivity index (χ2v) is 7.11. The van der Waals surface area contributed by atoms with Crippen LogP contribution in [0.2, 0.25) is 0 Å². The first-order valence-electron chi connectivity index (χ1n) is 10.2. The van der Waals surface area contributed by atoms with E-state index in [1.54, 1.807) is 38.3 Å². The molecule has 0 atom stereocenters. The molecule has 0 radical (unpaired) electrons. The summed E-state index contributed by atoms with van der Waals surface area (Å²) in [6.07, 6.45) is 0.655. The molecule has 1 aromatic heterocycles. The third-order valence-corrected chi connectivity index (χ3v) is 4.89. The van der Waals surface area contributed by atoms with Crippen LogP contribution >= 0.6 is 0 Å². The van der Waals surface area contributed by atoms with Crippen molar-refractivity contribution in [3.05, 3.63) is 76.7 Å². The van der Waals surface area contributed by atoms with Gasteiger partial charge in [0.2, 0.25) is 0 Å². The number of carbonyl (C=O) groups is 2. The maximum atomic E-state index is 12.5. The van der Waals surface area contributed by atoms with E-state index in [2.05, 4.69) is 10.5 Å². The molecule has 8 nitrogen and oxygen atoms in total. The Morgan fingerprint density at radius 2 is 1.81 bits per heavy atom. The maximum absolute atomic E-state index is 12.5. The van der Waals surface area contributed by atoms with Crippen LogP contribution in [0.1, 0.15) is 32.9 Å². The van der Waals surface area contributed by atoms with Crippen LogP contribution in [-0.2, 0) is 22.6 Å². The lowest BCUT2D eigenvalue weighted by Gasteiger charge is -2.11. The minimum Gasteiger partial charge on any atom is -0.497 e. The molecule has 1 amide bonds. The number of aromatic nitrogens is 1. The first-order chi connectivity index (χ1) is 15.5. The maximum Gasteiger partial charge on any atom is 0.342 e. The van der Waals surface area contributed by atoms with E-state index in [4.69, 9.17) is 18.7 Å². The van der Waals surface area contributed by atoms with Crippen molar-refractivity contribution in [2.45, 2.75) is 26.9 Å². The number of benzene rings is 2. The van der Waals surface area contributed by atoms with Gasteiger partial charge < -0.3 is 24.1 Å². The average Bonchev–Trinajstić information content (AvgIpc) is 3.13. The van der Waals surface area contributed by atoms with Gasteiger partial charge in [0.05, 0.1) is 18.4 Å². The fraction of sp³-hybridized carbons (Fsp3) is 0.292. The van der Waals surface area contributed by atoms with E-state index in [0.717, 1.165) is 22.6 Å². The molecule has 3 rings (SSSR count). The number of methoxy groups -OCH3 is 1. The number of nitrogens with zero attached hydrogens (tertiary/aromatic N) is 1. The molecule has 1 N–H and O–H groups in total. The Morgan fingerprint density at radius 3 is 2.50 bits per heavy atom. The quantitative estimate of drug-likeness (QED) is 0.484. The van der Waals surface area contributed by atoms with Gasteiger partial charge in [-0.15, -0.1) is 0 Å². The molecule has 0 unspecified atom stereocenters. The zero-order valence-electron chi connectivity index (χ0n) is 18.3. The zero-order valence-corrected chi connectivity index (χ0v) is 18.3. The average molecular weight is 438 g/mol. The Balaban J connectivity index is 1.47. The van der Waals surface area contributed by atoms with Crippen molar-refractivity contribution in [3.8, 4) is 11.5 Å². The van der Waals surface area contributed by atoms with E-state index >= 15 is 0 Å². The summed E-state index contributed by atoms with van der Waals surface area (Å²) in [6.45, 7) is 3.88. The van der Waals surface area contributed by atoms with Gasteiger partial charge in [-0.2, -0.15) is 0 Å². The number of nitrogens with one attached hydrogen (secondary N) is 1. The molecule has 2 aromatic carbocycles. The number of hydrogen-bond acceptors (Lipinski definition) is 7. The number of aryl methyl sites for hydroxylation is 2. The van der Waals surface area contributed by atoms with Gasteiger partial charge in [0.25, 0.3) is 5.91 Å². The summed E-state index contributed by atoms with van der Waals surface area (Å²) in [6, 6.07) is 14.3. The minimum absolute atomic E-state index is 0.206. The van der Waals surface area contributed by atoms with Gasteiger partial charge in [-0.3, -0.25) is 4.79 Å². The highest BCUT2D eigenvalue weighted by molar-refractivity contribution is 5.94. The molecule has 1 heterocycles. The first kappa shape index (κ1) is 22.9. The Kier molecular flexibility index (Phi) is 7.85. The van der Waals surface area contributed by atoms with Crippen LogP contribution in [0.4, 0.5) is 0 Å². The van der Waals surface area contributed by atoms with Crippen molar-refractivity contribution < 1.29 is 28.3 Å². The van der Waals surface area contributed by atoms with Gasteiger partial charge in [0.15, 0.2) is 6.61 Å². The molecular weight excluding hydrogens is 412 g/mol. The smallest absolute Gasteiger partial charge is 0.342 e. The van der Waals surface area contributed by atoms with Crippen LogP contribution in [0.5, 0.6) is 11.5 Å². The molecule has 3 aromatic rings. The van der Waals surface area contributed by atoms with Crippen molar-refractivity contribution in [2.75, 3.05) is 20.3 Å². The van der Waals surface area contributed by atoms with Crippen molar-refractivity contribution in [1.82, 2.24) is 10.5 Å². The van der Waals surface area contributed by atoms with Gasteiger partial charge in [-0.1, -0.05) is 29.4 Å². The highest BCUT2D eigenvalue weighted by atomic mass is 16.5. The van der Waals surface area contributed by atoms with E-state index < -0.39 is 5.97 Å². The number of amides is 1. The van der Waals surface area contributed by atoms with Crippen LogP contribution in [0.15, 0.2) is 53.1 Å². The number of rotatable bonds is 10. The van der Waals surface area contributed by atoms with Crippen LogP contribution < -0.4 is 14.8 Å². The first-order valence-corrected chi connectivity index (χ1v) is 10.2. The molecule has 0 bridgehead atoms. The van der Waals surface area contributed by atoms with Crippen molar-refractivity contribution in [1.29, 1.82) is 0 Å². The molecule has 32 heavy (non-hydrogen) atoms. The lowest BCUT2D eigenvalue weighted by atomic mass is 10.1. The predicted molar refractivity (Wildman–Crippen MR) is 117 cm³/mol. The molecule has 0 saturated carbocycles. The van der Waals surface area contributed by atoms with E-state index in [-0.39, 0.29) is 24.7 Å². The highest BCUT2D eigenvalue weighted by Crippen LogP contribution is 2.22. The number of ether oxygens (including phenoxy) is 3. The second-order valence-electron chi connectivity index (χ2n) is 7.11. The number of para-hydroxylation sites is 1. The van der Waals surface area contributed by atoms with Crippen molar-refractivity contribution >= 4 is 11.9 Å². The zero-order chi connectivity index (χ0) is 22.9. The molecule has 0 aliphatic rings. The number of hydrogen-bond donors (Lipinski definition) is 1. The Morgan fingerprint density at radius 1 is 1.06 bits per heavy atom. The number of esters is 1. The fourth-order valence-electron chi connectivity index (χ4n) is 3.02. The molecule has 0 aliphatic heterocycles. The third-order valence-electron chi connectivity index (χ3n) is 4.89. The van der Waals surface area contributed by atoms with E-state index in [9.17, 15) is 9.59 Å². The fourth-order valence-corrected chi connectivity index (χ4v) is 3.02. The van der Waals surface area contributed by atoms with Crippen molar-refractivity contribution in [3.63, 3.8) is 0 Å². The third kappa shape index (κ3) is 6.10. The monoisotopic (exact) mass is 438 g/mol. The lowest BCUT2D eigenvalue weighted by molar-refractivity contribution is -0.124. The summed E-state index contributed by atoms with van der Waals surface area (Å²) in [4.78, 5) is 24.5. The normalized spacial score (nSPS) is 10.5.